The number of anilines is 2. The van der Waals surface area contributed by atoms with Gasteiger partial charge >= 0.3 is 0 Å². The van der Waals surface area contributed by atoms with Gasteiger partial charge in [-0.05, 0) is 54.1 Å². The van der Waals surface area contributed by atoms with E-state index in [0.29, 0.717) is 28.4 Å². The number of hydrogen-bond acceptors (Lipinski definition) is 7. The Morgan fingerprint density at radius 1 is 0.879 bits per heavy atom. The van der Waals surface area contributed by atoms with Crippen molar-refractivity contribution in [2.24, 2.45) is 11.0 Å². The summed E-state index contributed by atoms with van der Waals surface area (Å²) in [5.74, 6) is -1.02. The number of fused-ring (bicyclic) bond motifs is 1. The third-order valence-corrected chi connectivity index (χ3v) is 5.77. The van der Waals surface area contributed by atoms with Gasteiger partial charge in [0.05, 0.1) is 29.1 Å². The third kappa shape index (κ3) is 3.30. The second-order valence-corrected chi connectivity index (χ2v) is 7.60. The molecule has 9 heteroatoms. The largest absolute Gasteiger partial charge is 0.497 e. The smallest absolute Gasteiger partial charge is 0.269 e. The van der Waals surface area contributed by atoms with E-state index < -0.39 is 22.8 Å². The van der Waals surface area contributed by atoms with Crippen molar-refractivity contribution in [2.45, 2.75) is 6.04 Å². The molecule has 2 amide bonds. The van der Waals surface area contributed by atoms with Gasteiger partial charge in [0.15, 0.2) is 0 Å². The van der Waals surface area contributed by atoms with Crippen molar-refractivity contribution in [1.29, 1.82) is 0 Å². The summed E-state index contributed by atoms with van der Waals surface area (Å²) in [4.78, 5) is 38.8. The highest BCUT2D eigenvalue weighted by atomic mass is 16.6. The summed E-state index contributed by atoms with van der Waals surface area (Å²) in [6.07, 6.45) is 0. The van der Waals surface area contributed by atoms with Crippen molar-refractivity contribution < 1.29 is 19.2 Å². The van der Waals surface area contributed by atoms with E-state index in [2.05, 4.69) is 5.10 Å². The predicted molar refractivity (Wildman–Crippen MR) is 121 cm³/mol. The maximum atomic E-state index is 13.5. The van der Waals surface area contributed by atoms with E-state index in [9.17, 15) is 19.7 Å². The topological polar surface area (TPSA) is 105 Å². The predicted octanol–water partition coefficient (Wildman–Crippen LogP) is 3.39. The lowest BCUT2D eigenvalue weighted by molar-refractivity contribution is -0.384. The number of carbonyl (C=O) groups is 2. The molecule has 0 aliphatic carbocycles. The van der Waals surface area contributed by atoms with Gasteiger partial charge in [-0.15, -0.1) is 0 Å². The first-order chi connectivity index (χ1) is 16.0. The molecule has 2 aliphatic rings. The lowest BCUT2D eigenvalue weighted by atomic mass is 9.92. The summed E-state index contributed by atoms with van der Waals surface area (Å²) >= 11 is 0. The van der Waals surface area contributed by atoms with Gasteiger partial charge in [-0.2, -0.15) is 5.10 Å². The first kappa shape index (κ1) is 20.4. The monoisotopic (exact) mass is 442 g/mol. The number of para-hydroxylation sites is 1. The van der Waals surface area contributed by atoms with Crippen LogP contribution in [0.2, 0.25) is 0 Å². The van der Waals surface area contributed by atoms with Crippen LogP contribution in [-0.4, -0.2) is 35.6 Å². The maximum absolute atomic E-state index is 13.5. The van der Waals surface area contributed by atoms with E-state index >= 15 is 0 Å². The zero-order chi connectivity index (χ0) is 23.1. The number of rotatable bonds is 5. The van der Waals surface area contributed by atoms with Crippen molar-refractivity contribution in [2.75, 3.05) is 17.0 Å². The van der Waals surface area contributed by atoms with E-state index in [1.165, 1.54) is 24.1 Å². The van der Waals surface area contributed by atoms with Crippen molar-refractivity contribution in [3.8, 4) is 5.75 Å². The number of hydrazone groups is 1. The molecule has 33 heavy (non-hydrogen) atoms. The third-order valence-electron chi connectivity index (χ3n) is 5.77. The van der Waals surface area contributed by atoms with Gasteiger partial charge in [-0.3, -0.25) is 24.7 Å². The number of nitrogens with zero attached hydrogens (tertiary/aromatic N) is 4. The normalized spacial score (nSPS) is 19.5. The standard InChI is InChI=1S/C24H18N4O5/c1-33-19-13-11-16(12-14-19)26-23(29)20-21(15-7-9-18(10-8-15)28(31)32)25-27(22(20)24(26)30)17-5-3-2-4-6-17/h2-14,20,22H,1H3/t20-,22-/m0/s1. The number of imide groups is 1. The Labute approximate surface area is 188 Å². The van der Waals surface area contributed by atoms with Gasteiger partial charge in [0.2, 0.25) is 5.91 Å². The molecule has 3 aromatic carbocycles. The minimum Gasteiger partial charge on any atom is -0.497 e. The number of nitro groups is 1. The van der Waals surface area contributed by atoms with Crippen LogP contribution in [0.1, 0.15) is 5.56 Å². The molecule has 0 radical (unpaired) electrons. The second-order valence-electron chi connectivity index (χ2n) is 7.60. The van der Waals surface area contributed by atoms with Crippen molar-refractivity contribution in [3.63, 3.8) is 0 Å². The minimum atomic E-state index is -0.854. The first-order valence-electron chi connectivity index (χ1n) is 10.2. The van der Waals surface area contributed by atoms with E-state index in [1.54, 1.807) is 41.4 Å². The molecule has 0 saturated carbocycles. The Bertz CT molecular complexity index is 1270. The quantitative estimate of drug-likeness (QED) is 0.341. The van der Waals surface area contributed by atoms with Gasteiger partial charge in [-0.1, -0.05) is 18.2 Å². The average Bonchev–Trinajstić information content (AvgIpc) is 3.36. The Hall–Kier alpha value is -4.53. The van der Waals surface area contributed by atoms with Gasteiger partial charge in [-0.25, -0.2) is 4.90 Å². The van der Waals surface area contributed by atoms with Gasteiger partial charge in [0, 0.05) is 12.1 Å². The van der Waals surface area contributed by atoms with Gasteiger partial charge in [0.1, 0.15) is 17.7 Å². The fourth-order valence-electron chi connectivity index (χ4n) is 4.19. The van der Waals surface area contributed by atoms with Gasteiger partial charge in [0.25, 0.3) is 11.6 Å². The number of non-ortho nitro benzene ring substituents is 1. The number of ether oxygens (including phenoxy) is 1. The molecule has 0 spiro atoms. The number of methoxy groups -OCH3 is 1. The average molecular weight is 442 g/mol. The Balaban J connectivity index is 1.59. The lowest BCUT2D eigenvalue weighted by Gasteiger charge is -2.22. The zero-order valence-corrected chi connectivity index (χ0v) is 17.5. The molecule has 1 fully saturated rings. The summed E-state index contributed by atoms with van der Waals surface area (Å²) in [6, 6.07) is 20.8. The molecule has 0 bridgehead atoms. The Kier molecular flexibility index (Phi) is 4.86. The van der Waals surface area contributed by atoms with Crippen LogP contribution < -0.4 is 14.6 Å². The van der Waals surface area contributed by atoms with Crippen LogP contribution in [0.3, 0.4) is 0 Å². The van der Waals surface area contributed by atoms with Crippen LogP contribution in [0, 0.1) is 16.0 Å². The Morgan fingerprint density at radius 3 is 2.15 bits per heavy atom. The summed E-state index contributed by atoms with van der Waals surface area (Å²) < 4.78 is 5.17. The molecule has 5 rings (SSSR count). The lowest BCUT2D eigenvalue weighted by Crippen LogP contribution is -2.39. The fraction of sp³-hybridized carbons (Fsp3) is 0.125. The van der Waals surface area contributed by atoms with E-state index in [1.807, 2.05) is 30.3 Å². The molecule has 9 nitrogen and oxygen atoms in total. The van der Waals surface area contributed by atoms with Crippen LogP contribution in [0.4, 0.5) is 17.1 Å². The summed E-state index contributed by atoms with van der Waals surface area (Å²) in [6.45, 7) is 0. The van der Waals surface area contributed by atoms with Gasteiger partial charge < -0.3 is 4.74 Å². The molecule has 2 aliphatic heterocycles. The molecule has 1 saturated heterocycles. The number of hydrogen-bond donors (Lipinski definition) is 0. The van der Waals surface area contributed by atoms with E-state index in [0.717, 1.165) is 0 Å². The fourth-order valence-corrected chi connectivity index (χ4v) is 4.19. The molecule has 164 valence electrons. The number of nitro benzene ring substituents is 1. The molecule has 0 aromatic heterocycles. The zero-order valence-electron chi connectivity index (χ0n) is 17.5. The van der Waals surface area contributed by atoms with E-state index in [-0.39, 0.29) is 11.6 Å². The molecule has 2 atom stereocenters. The second kappa shape index (κ2) is 7.86. The van der Waals surface area contributed by atoms with Crippen molar-refractivity contribution in [1.82, 2.24) is 0 Å². The molecule has 2 heterocycles. The highest BCUT2D eigenvalue weighted by molar-refractivity contribution is 6.34. The summed E-state index contributed by atoms with van der Waals surface area (Å²) in [5, 5.41) is 17.2. The first-order valence-corrected chi connectivity index (χ1v) is 10.2. The van der Waals surface area contributed by atoms with Crippen LogP contribution in [0.25, 0.3) is 0 Å². The van der Waals surface area contributed by atoms with Crippen LogP contribution in [-0.2, 0) is 9.59 Å². The van der Waals surface area contributed by atoms with Crippen molar-refractivity contribution >= 4 is 34.6 Å². The number of benzene rings is 3. The molecular weight excluding hydrogens is 424 g/mol. The summed E-state index contributed by atoms with van der Waals surface area (Å²) in [7, 11) is 1.54. The molecule has 3 aromatic rings. The SMILES string of the molecule is COc1ccc(N2C(=O)[C@H]3C(c4ccc([N+](=O)[O-])cc4)=NN(c4ccccc4)[C@@H]3C2=O)cc1. The maximum Gasteiger partial charge on any atom is 0.269 e. The molecule has 0 unspecified atom stereocenters. The van der Waals surface area contributed by atoms with Crippen molar-refractivity contribution in [3.05, 3.63) is 94.5 Å². The van der Waals surface area contributed by atoms with Crippen LogP contribution in [0.15, 0.2) is 84.0 Å². The summed E-state index contributed by atoms with van der Waals surface area (Å²) in [5.41, 5.74) is 1.99. The van der Waals surface area contributed by atoms with E-state index in [4.69, 9.17) is 4.74 Å². The highest BCUT2D eigenvalue weighted by Crippen LogP contribution is 2.39. The molecule has 0 N–H and O–H groups in total. The number of amides is 2. The highest BCUT2D eigenvalue weighted by Gasteiger charge is 2.57. The Morgan fingerprint density at radius 2 is 1.55 bits per heavy atom. The van der Waals surface area contributed by atoms with Crippen LogP contribution in [0.5, 0.6) is 5.75 Å². The number of carbonyl (C=O) groups excluding carboxylic acids is 2. The minimum absolute atomic E-state index is 0.0671. The van der Waals surface area contributed by atoms with Crippen LogP contribution >= 0.6 is 0 Å². The molecular formula is C24H18N4O5.